The number of rotatable bonds is 19. The van der Waals surface area contributed by atoms with Crippen LogP contribution in [0.15, 0.2) is 71.8 Å². The van der Waals surface area contributed by atoms with Crippen molar-refractivity contribution in [2.75, 3.05) is 49.6 Å². The molecule has 3 heterocycles. The van der Waals surface area contributed by atoms with Crippen molar-refractivity contribution in [3.05, 3.63) is 88.6 Å². The van der Waals surface area contributed by atoms with Gasteiger partial charge in [-0.15, -0.1) is 0 Å². The predicted molar refractivity (Wildman–Crippen MR) is 205 cm³/mol. The Bertz CT molecular complexity index is 2210. The van der Waals surface area contributed by atoms with Crippen LogP contribution >= 0.6 is 11.6 Å². The Labute approximate surface area is 322 Å². The molecule has 0 spiro atoms. The number of nitrogens with one attached hydrogen (secondary N) is 5. The number of aromatic nitrogens is 1. The van der Waals surface area contributed by atoms with Gasteiger partial charge in [-0.25, -0.2) is 8.42 Å². The van der Waals surface area contributed by atoms with Gasteiger partial charge in [0.25, 0.3) is 27.7 Å². The number of hydrogen-bond acceptors (Lipinski definition) is 10. The molecular formula is C38H41ClN6O9S. The Kier molecular flexibility index (Phi) is 12.8. The topological polar surface area (TPSA) is 205 Å². The lowest BCUT2D eigenvalue weighted by Gasteiger charge is -2.27. The second kappa shape index (κ2) is 17.9. The SMILES string of the molecule is O=C1CCC(N2C(=O)c3cccc(NCCCOCCCCOCCCNC(=O)c4cccc(S(=O)(=O)Nc5cccc6c(Cl)c[nH]c56)c4)c3C2=O)C(=O)N1. The van der Waals surface area contributed by atoms with Gasteiger partial charge in [0.2, 0.25) is 11.8 Å². The third kappa shape index (κ3) is 9.33. The van der Waals surface area contributed by atoms with Gasteiger partial charge >= 0.3 is 0 Å². The molecule has 1 fully saturated rings. The number of para-hydroxylation sites is 1. The van der Waals surface area contributed by atoms with Crippen molar-refractivity contribution in [1.29, 1.82) is 0 Å². The molecule has 0 radical (unpaired) electrons. The summed E-state index contributed by atoms with van der Waals surface area (Å²) in [5.74, 6) is -2.56. The number of halogens is 1. The van der Waals surface area contributed by atoms with Crippen LogP contribution in [-0.4, -0.2) is 93.4 Å². The Balaban J connectivity index is 0.815. The summed E-state index contributed by atoms with van der Waals surface area (Å²) in [5.41, 5.74) is 2.06. The number of carbonyl (C=O) groups is 5. The molecule has 5 N–H and O–H groups in total. The highest BCUT2D eigenvalue weighted by molar-refractivity contribution is 7.92. The third-order valence-electron chi connectivity index (χ3n) is 9.14. The molecule has 1 unspecified atom stereocenters. The van der Waals surface area contributed by atoms with Crippen molar-refractivity contribution in [3.63, 3.8) is 0 Å². The highest BCUT2D eigenvalue weighted by atomic mass is 35.5. The fourth-order valence-corrected chi connectivity index (χ4v) is 7.69. The molecule has 55 heavy (non-hydrogen) atoms. The van der Waals surface area contributed by atoms with Gasteiger partial charge in [0.15, 0.2) is 0 Å². The zero-order valence-corrected chi connectivity index (χ0v) is 31.4. The van der Waals surface area contributed by atoms with E-state index in [1.54, 1.807) is 48.7 Å². The minimum absolute atomic E-state index is 0.0492. The number of aromatic amines is 1. The van der Waals surface area contributed by atoms with E-state index in [-0.39, 0.29) is 34.4 Å². The molecule has 1 aromatic heterocycles. The molecule has 0 aliphatic carbocycles. The Morgan fingerprint density at radius 1 is 0.855 bits per heavy atom. The van der Waals surface area contributed by atoms with Gasteiger partial charge < -0.3 is 25.1 Å². The maximum Gasteiger partial charge on any atom is 0.264 e. The zero-order chi connectivity index (χ0) is 39.0. The Morgan fingerprint density at radius 3 is 2.31 bits per heavy atom. The maximum atomic E-state index is 13.2. The maximum absolute atomic E-state index is 13.2. The highest BCUT2D eigenvalue weighted by Crippen LogP contribution is 2.33. The van der Waals surface area contributed by atoms with Crippen LogP contribution in [0.4, 0.5) is 11.4 Å². The molecule has 15 nitrogen and oxygen atoms in total. The first-order valence-corrected chi connectivity index (χ1v) is 19.8. The van der Waals surface area contributed by atoms with E-state index in [0.29, 0.717) is 79.7 Å². The average molecular weight is 793 g/mol. The van der Waals surface area contributed by atoms with Gasteiger partial charge in [0.1, 0.15) is 6.04 Å². The van der Waals surface area contributed by atoms with E-state index < -0.39 is 45.6 Å². The molecule has 2 aliphatic rings. The van der Waals surface area contributed by atoms with Crippen molar-refractivity contribution < 1.29 is 41.9 Å². The van der Waals surface area contributed by atoms with Crippen molar-refractivity contribution in [2.24, 2.45) is 0 Å². The number of nitrogens with zero attached hydrogens (tertiary/aromatic N) is 1. The molecular weight excluding hydrogens is 752 g/mol. The van der Waals surface area contributed by atoms with Crippen LogP contribution in [0.5, 0.6) is 0 Å². The number of fused-ring (bicyclic) bond motifs is 2. The summed E-state index contributed by atoms with van der Waals surface area (Å²) in [5, 5.41) is 9.36. The lowest BCUT2D eigenvalue weighted by Crippen LogP contribution is -2.54. The van der Waals surface area contributed by atoms with Crippen molar-refractivity contribution >= 4 is 73.4 Å². The molecule has 6 rings (SSSR count). The second-order valence-corrected chi connectivity index (χ2v) is 15.1. The molecule has 4 aromatic rings. The first kappa shape index (κ1) is 39.4. The number of imide groups is 2. The third-order valence-corrected chi connectivity index (χ3v) is 10.8. The molecule has 3 aromatic carbocycles. The number of hydrogen-bond donors (Lipinski definition) is 5. The fourth-order valence-electron chi connectivity index (χ4n) is 6.36. The summed E-state index contributed by atoms with van der Waals surface area (Å²) < 4.78 is 40.2. The molecule has 1 atom stereocenters. The largest absolute Gasteiger partial charge is 0.384 e. The van der Waals surface area contributed by atoms with Crippen molar-refractivity contribution in [2.45, 2.75) is 49.5 Å². The smallest absolute Gasteiger partial charge is 0.264 e. The Morgan fingerprint density at radius 2 is 1.55 bits per heavy atom. The van der Waals surface area contributed by atoms with Crippen LogP contribution in [0.3, 0.4) is 0 Å². The van der Waals surface area contributed by atoms with Crippen LogP contribution in [-0.2, 0) is 29.1 Å². The fraction of sp³-hybridized carbons (Fsp3) is 0.342. The minimum Gasteiger partial charge on any atom is -0.384 e. The Hall–Kier alpha value is -5.29. The van der Waals surface area contributed by atoms with Gasteiger partial charge in [-0.1, -0.05) is 35.9 Å². The van der Waals surface area contributed by atoms with Crippen LogP contribution in [0.25, 0.3) is 10.9 Å². The number of amides is 5. The van der Waals surface area contributed by atoms with E-state index in [1.807, 2.05) is 0 Å². The molecule has 1 saturated heterocycles. The van der Waals surface area contributed by atoms with E-state index in [1.165, 1.54) is 18.2 Å². The summed E-state index contributed by atoms with van der Waals surface area (Å²) in [6.45, 7) is 2.88. The van der Waals surface area contributed by atoms with Gasteiger partial charge in [0.05, 0.1) is 32.2 Å². The summed E-state index contributed by atoms with van der Waals surface area (Å²) in [6.07, 6.45) is 4.57. The lowest BCUT2D eigenvalue weighted by molar-refractivity contribution is -0.136. The molecule has 0 bridgehead atoms. The summed E-state index contributed by atoms with van der Waals surface area (Å²) in [7, 11) is -3.98. The van der Waals surface area contributed by atoms with E-state index in [9.17, 15) is 32.4 Å². The summed E-state index contributed by atoms with van der Waals surface area (Å²) >= 11 is 6.16. The number of ether oxygens (including phenoxy) is 2. The zero-order valence-electron chi connectivity index (χ0n) is 29.8. The van der Waals surface area contributed by atoms with Crippen molar-refractivity contribution in [1.82, 2.24) is 20.5 Å². The molecule has 17 heteroatoms. The number of piperidine rings is 1. The molecule has 0 saturated carbocycles. The normalized spacial score (nSPS) is 15.7. The molecule has 290 valence electrons. The van der Waals surface area contributed by atoms with Crippen LogP contribution in [0.2, 0.25) is 5.02 Å². The van der Waals surface area contributed by atoms with Crippen LogP contribution < -0.4 is 20.7 Å². The number of unbranched alkanes of at least 4 members (excludes halogenated alkanes) is 1. The van der Waals surface area contributed by atoms with Crippen molar-refractivity contribution in [3.8, 4) is 0 Å². The highest BCUT2D eigenvalue weighted by Gasteiger charge is 2.45. The van der Waals surface area contributed by atoms with E-state index in [4.69, 9.17) is 21.1 Å². The number of carbonyl (C=O) groups excluding carboxylic acids is 5. The van der Waals surface area contributed by atoms with E-state index >= 15 is 0 Å². The quantitative estimate of drug-likeness (QED) is 0.0666. The number of H-pyrrole nitrogens is 1. The van der Waals surface area contributed by atoms with Gasteiger partial charge in [-0.2, -0.15) is 0 Å². The van der Waals surface area contributed by atoms with Gasteiger partial charge in [0, 0.05) is 68.8 Å². The molecule has 5 amide bonds. The minimum atomic E-state index is -3.98. The standard InChI is InChI=1S/C38H41ClN6O9S/c39-28-23-42-34-26(28)10-4-13-30(34)44-55(51,52)25-9-3-8-24(22-25)35(47)41-17-7-21-54-19-2-1-18-53-20-6-16-40-29-12-5-11-27-33(29)38(50)45(37(27)49)31-14-15-32(46)43-36(31)48/h3-5,8-13,22-23,31,40,42,44H,1-2,6-7,14-21H2,(H,41,47)(H,43,46,48). The number of benzene rings is 3. The number of anilines is 2. The average Bonchev–Trinajstić information content (AvgIpc) is 3.68. The van der Waals surface area contributed by atoms with E-state index in [2.05, 4.69) is 25.7 Å². The van der Waals surface area contributed by atoms with Gasteiger partial charge in [-0.3, -0.25) is 38.9 Å². The molecule has 2 aliphatic heterocycles. The van der Waals surface area contributed by atoms with Crippen LogP contribution in [0, 0.1) is 0 Å². The summed E-state index contributed by atoms with van der Waals surface area (Å²) in [6, 6.07) is 14.8. The predicted octanol–water partition coefficient (Wildman–Crippen LogP) is 4.46. The lowest BCUT2D eigenvalue weighted by atomic mass is 10.0. The summed E-state index contributed by atoms with van der Waals surface area (Å²) in [4.78, 5) is 66.7. The second-order valence-electron chi connectivity index (χ2n) is 13.0. The van der Waals surface area contributed by atoms with Crippen LogP contribution in [0.1, 0.15) is 69.6 Å². The monoisotopic (exact) mass is 792 g/mol. The van der Waals surface area contributed by atoms with Gasteiger partial charge in [-0.05, 0) is 68.5 Å². The number of sulfonamides is 1. The van der Waals surface area contributed by atoms with E-state index in [0.717, 1.165) is 17.7 Å². The first-order chi connectivity index (χ1) is 26.5. The first-order valence-electron chi connectivity index (χ1n) is 18.0.